The van der Waals surface area contributed by atoms with Crippen LogP contribution in [0.4, 0.5) is 0 Å². The molecule has 1 fully saturated rings. The molecule has 0 radical (unpaired) electrons. The summed E-state index contributed by atoms with van der Waals surface area (Å²) in [6, 6.07) is 4.63. The van der Waals surface area contributed by atoms with Crippen LogP contribution >= 0.6 is 11.3 Å². The van der Waals surface area contributed by atoms with Gasteiger partial charge in [0.25, 0.3) is 0 Å². The number of hydrogen-bond donors (Lipinski definition) is 0. The molecule has 0 saturated carbocycles. The number of thiazole rings is 1. The van der Waals surface area contributed by atoms with E-state index in [1.807, 2.05) is 12.3 Å². The molecule has 0 unspecified atom stereocenters. The van der Waals surface area contributed by atoms with Crippen LogP contribution in [0.25, 0.3) is 0 Å². The minimum Gasteiger partial charge on any atom is -0.456 e. The van der Waals surface area contributed by atoms with Crippen LogP contribution in [0.1, 0.15) is 45.9 Å². The Morgan fingerprint density at radius 2 is 1.96 bits per heavy atom. The highest BCUT2D eigenvalue weighted by Gasteiger charge is 2.27. The van der Waals surface area contributed by atoms with Crippen LogP contribution in [0.15, 0.2) is 28.5 Å². The fourth-order valence-corrected chi connectivity index (χ4v) is 5.07. The normalized spacial score (nSPS) is 15.8. The quantitative estimate of drug-likeness (QED) is 0.727. The zero-order valence-electron chi connectivity index (χ0n) is 14.9. The molecule has 6 nitrogen and oxygen atoms in total. The Balaban J connectivity index is 1.79. The Morgan fingerprint density at radius 3 is 2.62 bits per heavy atom. The minimum absolute atomic E-state index is 0.0751. The van der Waals surface area contributed by atoms with Crippen LogP contribution in [0, 0.1) is 13.8 Å². The molecule has 26 heavy (non-hydrogen) atoms. The molecule has 140 valence electrons. The van der Waals surface area contributed by atoms with Crippen molar-refractivity contribution in [3.63, 3.8) is 0 Å². The minimum atomic E-state index is -3.58. The highest BCUT2D eigenvalue weighted by Crippen LogP contribution is 2.23. The summed E-state index contributed by atoms with van der Waals surface area (Å²) >= 11 is 1.49. The van der Waals surface area contributed by atoms with Gasteiger partial charge in [0.1, 0.15) is 6.61 Å². The molecule has 1 aromatic heterocycles. The maximum atomic E-state index is 12.8. The lowest BCUT2D eigenvalue weighted by molar-refractivity contribution is 0.0467. The van der Waals surface area contributed by atoms with Crippen molar-refractivity contribution in [1.82, 2.24) is 9.29 Å². The van der Waals surface area contributed by atoms with E-state index in [2.05, 4.69) is 4.98 Å². The Kier molecular flexibility index (Phi) is 5.74. The van der Waals surface area contributed by atoms with Gasteiger partial charge in [0.05, 0.1) is 21.2 Å². The second-order valence-electron chi connectivity index (χ2n) is 6.38. The van der Waals surface area contributed by atoms with Gasteiger partial charge in [0, 0.05) is 18.5 Å². The summed E-state index contributed by atoms with van der Waals surface area (Å²) in [7, 11) is -3.58. The summed E-state index contributed by atoms with van der Waals surface area (Å²) in [5.74, 6) is -0.538. The van der Waals surface area contributed by atoms with Gasteiger partial charge in [-0.1, -0.05) is 12.5 Å². The van der Waals surface area contributed by atoms with E-state index in [9.17, 15) is 13.2 Å². The molecule has 0 aliphatic carbocycles. The summed E-state index contributed by atoms with van der Waals surface area (Å²) in [5, 5.41) is 2.74. The van der Waals surface area contributed by atoms with Crippen LogP contribution < -0.4 is 0 Å². The third kappa shape index (κ3) is 4.13. The van der Waals surface area contributed by atoms with Gasteiger partial charge in [-0.2, -0.15) is 4.31 Å². The molecule has 1 aliphatic heterocycles. The van der Waals surface area contributed by atoms with E-state index in [4.69, 9.17) is 4.74 Å². The van der Waals surface area contributed by atoms with Gasteiger partial charge in [-0.25, -0.2) is 18.2 Å². The number of nitrogens with zero attached hydrogens (tertiary/aromatic N) is 2. The predicted molar refractivity (Wildman–Crippen MR) is 99.8 cm³/mol. The maximum Gasteiger partial charge on any atom is 0.338 e. The molecule has 2 aromatic rings. The van der Waals surface area contributed by atoms with Gasteiger partial charge in [-0.3, -0.25) is 0 Å². The van der Waals surface area contributed by atoms with Crippen molar-refractivity contribution in [3.05, 3.63) is 45.4 Å². The standard InChI is InChI=1S/C18H22N2O4S2/c1-13-6-7-16(26(22,23)20-8-4-3-5-9-20)10-17(13)18(21)24-11-15-12-25-14(2)19-15/h6-7,10,12H,3-5,8-9,11H2,1-2H3. The molecule has 2 heterocycles. The van der Waals surface area contributed by atoms with Crippen LogP contribution in [0.3, 0.4) is 0 Å². The molecule has 0 atom stereocenters. The largest absolute Gasteiger partial charge is 0.456 e. The fourth-order valence-electron chi connectivity index (χ4n) is 2.93. The Morgan fingerprint density at radius 1 is 1.23 bits per heavy atom. The SMILES string of the molecule is Cc1nc(COC(=O)c2cc(S(=O)(=O)N3CCCCC3)ccc2C)cs1. The molecule has 8 heteroatoms. The van der Waals surface area contributed by atoms with E-state index in [1.165, 1.54) is 21.7 Å². The van der Waals surface area contributed by atoms with Gasteiger partial charge in [-0.05, 0) is 44.4 Å². The highest BCUT2D eigenvalue weighted by atomic mass is 32.2. The molecule has 1 aromatic carbocycles. The Labute approximate surface area is 157 Å². The topological polar surface area (TPSA) is 76.6 Å². The third-order valence-corrected chi connectivity index (χ3v) is 7.12. The number of sulfonamides is 1. The molecule has 0 bridgehead atoms. The summed E-state index contributed by atoms with van der Waals surface area (Å²) in [6.45, 7) is 4.78. The van der Waals surface area contributed by atoms with E-state index in [0.29, 0.717) is 24.3 Å². The summed E-state index contributed by atoms with van der Waals surface area (Å²) in [5.41, 5.74) is 1.65. The molecule has 1 aliphatic rings. The number of hydrogen-bond acceptors (Lipinski definition) is 6. The van der Waals surface area contributed by atoms with Gasteiger partial charge < -0.3 is 4.74 Å². The number of ether oxygens (including phenoxy) is 1. The van der Waals surface area contributed by atoms with Crippen LogP contribution in [-0.4, -0.2) is 36.8 Å². The van der Waals surface area contributed by atoms with Gasteiger partial charge >= 0.3 is 5.97 Å². The number of aryl methyl sites for hydroxylation is 2. The van der Waals surface area contributed by atoms with Gasteiger partial charge in [-0.15, -0.1) is 11.3 Å². The number of carbonyl (C=O) groups excluding carboxylic acids is 1. The number of aromatic nitrogens is 1. The lowest BCUT2D eigenvalue weighted by Crippen LogP contribution is -2.35. The van der Waals surface area contributed by atoms with Crippen molar-refractivity contribution < 1.29 is 17.9 Å². The number of rotatable bonds is 5. The lowest BCUT2D eigenvalue weighted by Gasteiger charge is -2.26. The second-order valence-corrected chi connectivity index (χ2v) is 9.38. The fraction of sp³-hybridized carbons (Fsp3) is 0.444. The number of piperidine rings is 1. The van der Waals surface area contributed by atoms with Crippen molar-refractivity contribution >= 4 is 27.3 Å². The van der Waals surface area contributed by atoms with Crippen molar-refractivity contribution in [3.8, 4) is 0 Å². The third-order valence-electron chi connectivity index (χ3n) is 4.40. The average Bonchev–Trinajstić information content (AvgIpc) is 3.06. The van der Waals surface area contributed by atoms with E-state index in [0.717, 1.165) is 24.3 Å². The molecular formula is C18H22N2O4S2. The van der Waals surface area contributed by atoms with E-state index >= 15 is 0 Å². The summed E-state index contributed by atoms with van der Waals surface area (Å²) in [6.07, 6.45) is 2.79. The molecule has 0 amide bonds. The average molecular weight is 395 g/mol. The van der Waals surface area contributed by atoms with Crippen molar-refractivity contribution in [2.24, 2.45) is 0 Å². The maximum absolute atomic E-state index is 12.8. The van der Waals surface area contributed by atoms with E-state index in [1.54, 1.807) is 19.1 Å². The van der Waals surface area contributed by atoms with Gasteiger partial charge in [0.2, 0.25) is 10.0 Å². The Bertz CT molecular complexity index is 900. The first-order chi connectivity index (χ1) is 12.4. The molecule has 0 spiro atoms. The molecule has 1 saturated heterocycles. The highest BCUT2D eigenvalue weighted by molar-refractivity contribution is 7.89. The zero-order valence-corrected chi connectivity index (χ0v) is 16.5. The number of benzene rings is 1. The molecule has 3 rings (SSSR count). The van der Waals surface area contributed by atoms with Crippen LogP contribution in [0.2, 0.25) is 0 Å². The lowest BCUT2D eigenvalue weighted by atomic mass is 10.1. The van der Waals surface area contributed by atoms with Crippen molar-refractivity contribution in [2.45, 2.75) is 44.6 Å². The summed E-state index contributed by atoms with van der Waals surface area (Å²) < 4.78 is 32.5. The number of carbonyl (C=O) groups is 1. The van der Waals surface area contributed by atoms with Crippen molar-refractivity contribution in [1.29, 1.82) is 0 Å². The summed E-state index contributed by atoms with van der Waals surface area (Å²) in [4.78, 5) is 16.8. The second kappa shape index (κ2) is 7.85. The Hall–Kier alpha value is -1.77. The molecule has 0 N–H and O–H groups in total. The van der Waals surface area contributed by atoms with Gasteiger partial charge in [0.15, 0.2) is 0 Å². The van der Waals surface area contributed by atoms with Crippen LogP contribution in [0.5, 0.6) is 0 Å². The first-order valence-electron chi connectivity index (χ1n) is 8.57. The number of esters is 1. The molecular weight excluding hydrogens is 372 g/mol. The first-order valence-corrected chi connectivity index (χ1v) is 10.9. The monoisotopic (exact) mass is 394 g/mol. The van der Waals surface area contributed by atoms with Crippen LogP contribution in [-0.2, 0) is 21.4 Å². The smallest absolute Gasteiger partial charge is 0.338 e. The predicted octanol–water partition coefficient (Wildman–Crippen LogP) is 3.29. The first kappa shape index (κ1) is 19.0. The van der Waals surface area contributed by atoms with E-state index < -0.39 is 16.0 Å². The van der Waals surface area contributed by atoms with E-state index in [-0.39, 0.29) is 17.1 Å². The van der Waals surface area contributed by atoms with Crippen molar-refractivity contribution in [2.75, 3.05) is 13.1 Å². The zero-order chi connectivity index (χ0) is 18.7.